The highest BCUT2D eigenvalue weighted by molar-refractivity contribution is 5.90. The smallest absolute Gasteiger partial charge is 0.351 e. The first kappa shape index (κ1) is 13.3. The molecule has 0 radical (unpaired) electrons. The molecule has 0 bridgehead atoms. The van der Waals surface area contributed by atoms with Crippen molar-refractivity contribution in [3.8, 4) is 0 Å². The number of alkyl halides is 3. The fraction of sp³-hybridized carbons (Fsp3) is 0.583. The molecule has 1 aromatic heterocycles. The Morgan fingerprint density at radius 2 is 2.25 bits per heavy atom. The van der Waals surface area contributed by atoms with E-state index in [0.717, 1.165) is 5.56 Å². The van der Waals surface area contributed by atoms with E-state index in [1.54, 1.807) is 6.20 Å². The van der Waals surface area contributed by atoms with Crippen LogP contribution >= 0.6 is 0 Å². The average Bonchev–Trinajstić information content (AvgIpc) is 2.78. The SMILES string of the molecule is O=C1NCc2cncnc2C12CCN(CC(F)(F)F)C2. The van der Waals surface area contributed by atoms with Crippen LogP contribution in [0.4, 0.5) is 13.2 Å². The zero-order chi connectivity index (χ0) is 14.4. The molecule has 0 aromatic carbocycles. The fourth-order valence-corrected chi connectivity index (χ4v) is 3.03. The first-order chi connectivity index (χ1) is 9.41. The van der Waals surface area contributed by atoms with E-state index >= 15 is 0 Å². The Hall–Kier alpha value is -1.70. The molecule has 2 aliphatic heterocycles. The molecule has 1 N–H and O–H groups in total. The second kappa shape index (κ2) is 4.41. The van der Waals surface area contributed by atoms with Crippen LogP contribution in [0.15, 0.2) is 12.5 Å². The van der Waals surface area contributed by atoms with Gasteiger partial charge < -0.3 is 5.32 Å². The summed E-state index contributed by atoms with van der Waals surface area (Å²) in [5.74, 6) is -0.242. The van der Waals surface area contributed by atoms with Crippen molar-refractivity contribution in [3.63, 3.8) is 0 Å². The molecule has 1 saturated heterocycles. The Kier molecular flexibility index (Phi) is 2.93. The van der Waals surface area contributed by atoms with Crippen molar-refractivity contribution in [3.05, 3.63) is 23.8 Å². The minimum absolute atomic E-state index is 0.0440. The minimum Gasteiger partial charge on any atom is -0.351 e. The van der Waals surface area contributed by atoms with Crippen LogP contribution in [0.1, 0.15) is 17.7 Å². The molecule has 1 unspecified atom stereocenters. The van der Waals surface area contributed by atoms with E-state index in [4.69, 9.17) is 0 Å². The lowest BCUT2D eigenvalue weighted by Gasteiger charge is -2.33. The molecule has 2 aliphatic rings. The second-order valence-corrected chi connectivity index (χ2v) is 5.24. The summed E-state index contributed by atoms with van der Waals surface area (Å²) < 4.78 is 37.5. The van der Waals surface area contributed by atoms with Gasteiger partial charge in [-0.1, -0.05) is 0 Å². The van der Waals surface area contributed by atoms with Crippen molar-refractivity contribution >= 4 is 5.91 Å². The Balaban J connectivity index is 1.91. The van der Waals surface area contributed by atoms with Crippen molar-refractivity contribution < 1.29 is 18.0 Å². The van der Waals surface area contributed by atoms with E-state index in [2.05, 4.69) is 15.3 Å². The van der Waals surface area contributed by atoms with Gasteiger partial charge in [0.05, 0.1) is 12.2 Å². The number of amides is 1. The number of fused-ring (bicyclic) bond motifs is 2. The van der Waals surface area contributed by atoms with E-state index in [0.29, 0.717) is 18.7 Å². The number of hydrogen-bond donors (Lipinski definition) is 1. The van der Waals surface area contributed by atoms with E-state index in [1.807, 2.05) is 0 Å². The lowest BCUT2D eigenvalue weighted by molar-refractivity contribution is -0.145. The van der Waals surface area contributed by atoms with Crippen molar-refractivity contribution in [1.82, 2.24) is 20.2 Å². The molecule has 1 atom stereocenters. The highest BCUT2D eigenvalue weighted by Gasteiger charge is 2.51. The van der Waals surface area contributed by atoms with Gasteiger partial charge in [-0.2, -0.15) is 13.2 Å². The van der Waals surface area contributed by atoms with Crippen molar-refractivity contribution in [2.75, 3.05) is 19.6 Å². The third-order valence-electron chi connectivity index (χ3n) is 3.87. The third kappa shape index (κ3) is 2.13. The molecular formula is C12H13F3N4O. The van der Waals surface area contributed by atoms with Crippen LogP contribution in [0, 0.1) is 0 Å². The summed E-state index contributed by atoms with van der Waals surface area (Å²) >= 11 is 0. The molecule has 1 spiro atoms. The normalized spacial score (nSPS) is 26.6. The van der Waals surface area contributed by atoms with Gasteiger partial charge in [0.15, 0.2) is 0 Å². The number of nitrogens with one attached hydrogen (secondary N) is 1. The topological polar surface area (TPSA) is 58.1 Å². The molecule has 1 amide bonds. The maximum atomic E-state index is 12.5. The molecule has 3 heterocycles. The van der Waals surface area contributed by atoms with Crippen molar-refractivity contribution in [2.45, 2.75) is 24.6 Å². The first-order valence-electron chi connectivity index (χ1n) is 6.27. The standard InChI is InChI=1S/C12H13F3N4O/c13-12(14,15)6-19-2-1-11(5-19)9-8(3-16-7-18-9)4-17-10(11)20/h3,7H,1-2,4-6H2,(H,17,20). The number of halogens is 3. The van der Waals surface area contributed by atoms with Gasteiger partial charge in [0, 0.05) is 24.8 Å². The predicted molar refractivity (Wildman–Crippen MR) is 62.7 cm³/mol. The van der Waals surface area contributed by atoms with Gasteiger partial charge in [0.1, 0.15) is 11.7 Å². The number of carbonyl (C=O) groups is 1. The summed E-state index contributed by atoms with van der Waals surface area (Å²) in [6.07, 6.45) is -0.967. The van der Waals surface area contributed by atoms with Crippen LogP contribution in [0.25, 0.3) is 0 Å². The molecule has 20 heavy (non-hydrogen) atoms. The third-order valence-corrected chi connectivity index (χ3v) is 3.87. The van der Waals surface area contributed by atoms with Crippen LogP contribution in [0.2, 0.25) is 0 Å². The van der Waals surface area contributed by atoms with Crippen LogP contribution in [-0.4, -0.2) is 46.6 Å². The first-order valence-corrected chi connectivity index (χ1v) is 6.27. The maximum absolute atomic E-state index is 12.5. The van der Waals surface area contributed by atoms with Crippen LogP contribution in [0.5, 0.6) is 0 Å². The van der Waals surface area contributed by atoms with Crippen LogP contribution in [0.3, 0.4) is 0 Å². The number of rotatable bonds is 1. The molecule has 0 aliphatic carbocycles. The zero-order valence-corrected chi connectivity index (χ0v) is 10.6. The Morgan fingerprint density at radius 1 is 1.45 bits per heavy atom. The Morgan fingerprint density at radius 3 is 3.00 bits per heavy atom. The molecule has 3 rings (SSSR count). The molecule has 108 valence electrons. The molecular weight excluding hydrogens is 273 g/mol. The lowest BCUT2D eigenvalue weighted by atomic mass is 9.78. The predicted octanol–water partition coefficient (Wildman–Crippen LogP) is 0.612. The van der Waals surface area contributed by atoms with Gasteiger partial charge in [0.2, 0.25) is 5.91 Å². The summed E-state index contributed by atoms with van der Waals surface area (Å²) in [4.78, 5) is 21.5. The highest BCUT2D eigenvalue weighted by Crippen LogP contribution is 2.38. The summed E-state index contributed by atoms with van der Waals surface area (Å²) in [7, 11) is 0. The van der Waals surface area contributed by atoms with Gasteiger partial charge in [0.25, 0.3) is 0 Å². The molecule has 0 saturated carbocycles. The number of aromatic nitrogens is 2. The fourth-order valence-electron chi connectivity index (χ4n) is 3.03. The summed E-state index contributed by atoms with van der Waals surface area (Å²) in [6, 6.07) is 0. The van der Waals surface area contributed by atoms with E-state index in [9.17, 15) is 18.0 Å². The summed E-state index contributed by atoms with van der Waals surface area (Å²) in [6.45, 7) is -0.392. The van der Waals surface area contributed by atoms with Gasteiger partial charge in [-0.3, -0.25) is 9.69 Å². The molecule has 8 heteroatoms. The van der Waals surface area contributed by atoms with Crippen LogP contribution in [-0.2, 0) is 16.8 Å². The van der Waals surface area contributed by atoms with Crippen LogP contribution < -0.4 is 5.32 Å². The van der Waals surface area contributed by atoms with Gasteiger partial charge in [-0.05, 0) is 13.0 Å². The number of carbonyl (C=O) groups excluding carboxylic acids is 1. The van der Waals surface area contributed by atoms with Gasteiger partial charge >= 0.3 is 6.18 Å². The molecule has 1 aromatic rings. The van der Waals surface area contributed by atoms with Gasteiger partial charge in [-0.15, -0.1) is 0 Å². The summed E-state index contributed by atoms with van der Waals surface area (Å²) in [5, 5.41) is 2.73. The van der Waals surface area contributed by atoms with E-state index < -0.39 is 18.1 Å². The van der Waals surface area contributed by atoms with Crippen molar-refractivity contribution in [1.29, 1.82) is 0 Å². The Labute approximate surface area is 113 Å². The minimum atomic E-state index is -4.26. The number of likely N-dealkylation sites (tertiary alicyclic amines) is 1. The zero-order valence-electron chi connectivity index (χ0n) is 10.6. The summed E-state index contributed by atoms with van der Waals surface area (Å²) in [5.41, 5.74) is 0.379. The number of nitrogens with zero attached hydrogens (tertiary/aromatic N) is 3. The maximum Gasteiger partial charge on any atom is 0.401 e. The molecule has 1 fully saturated rings. The quantitative estimate of drug-likeness (QED) is 0.822. The second-order valence-electron chi connectivity index (χ2n) is 5.24. The van der Waals surface area contributed by atoms with E-state index in [1.165, 1.54) is 11.2 Å². The highest BCUT2D eigenvalue weighted by atomic mass is 19.4. The lowest BCUT2D eigenvalue weighted by Crippen LogP contribution is -2.51. The van der Waals surface area contributed by atoms with E-state index in [-0.39, 0.29) is 19.0 Å². The molecule has 5 nitrogen and oxygen atoms in total. The largest absolute Gasteiger partial charge is 0.401 e. The Bertz CT molecular complexity index is 548. The average molecular weight is 286 g/mol. The van der Waals surface area contributed by atoms with Gasteiger partial charge in [-0.25, -0.2) is 9.97 Å². The number of hydrogen-bond acceptors (Lipinski definition) is 4. The monoisotopic (exact) mass is 286 g/mol. The van der Waals surface area contributed by atoms with Crippen molar-refractivity contribution in [2.24, 2.45) is 0 Å².